The van der Waals surface area contributed by atoms with E-state index in [9.17, 15) is 9.59 Å². The Kier molecular flexibility index (Phi) is 4.50. The molecule has 0 saturated carbocycles. The molecule has 2 heterocycles. The molecule has 1 aliphatic heterocycles. The first-order valence-electron chi connectivity index (χ1n) is 7.97. The highest BCUT2D eigenvalue weighted by molar-refractivity contribution is 5.87. The summed E-state index contributed by atoms with van der Waals surface area (Å²) in [6.45, 7) is 2.53. The van der Waals surface area contributed by atoms with E-state index in [1.165, 1.54) is 0 Å². The number of rotatable bonds is 3. The number of nitrogens with one attached hydrogen (secondary N) is 3. The lowest BCUT2D eigenvalue weighted by atomic mass is 10.1. The Balaban J connectivity index is 1.61. The van der Waals surface area contributed by atoms with Crippen molar-refractivity contribution in [2.45, 2.75) is 38.3 Å². The molecular weight excluding hydrogens is 294 g/mol. The van der Waals surface area contributed by atoms with Crippen molar-refractivity contribution in [2.75, 3.05) is 6.54 Å². The first kappa shape index (κ1) is 15.4. The number of furan rings is 1. The zero-order valence-electron chi connectivity index (χ0n) is 13.1. The molecule has 2 aromatic rings. The zero-order chi connectivity index (χ0) is 16.2. The molecule has 1 fully saturated rings. The lowest BCUT2D eigenvalue weighted by Crippen LogP contribution is -2.49. The predicted molar refractivity (Wildman–Crippen MR) is 86.9 cm³/mol. The van der Waals surface area contributed by atoms with Crippen LogP contribution in [0.2, 0.25) is 0 Å². The van der Waals surface area contributed by atoms with E-state index in [1.807, 2.05) is 37.3 Å². The maximum Gasteiger partial charge on any atom is 0.316 e. The number of urea groups is 1. The normalized spacial score (nSPS) is 19.7. The highest BCUT2D eigenvalue weighted by Crippen LogP contribution is 2.23. The van der Waals surface area contributed by atoms with Crippen molar-refractivity contribution in [1.82, 2.24) is 16.0 Å². The van der Waals surface area contributed by atoms with E-state index in [0.29, 0.717) is 18.7 Å². The minimum atomic E-state index is -0.472. The van der Waals surface area contributed by atoms with Crippen molar-refractivity contribution in [1.29, 1.82) is 0 Å². The van der Waals surface area contributed by atoms with Gasteiger partial charge in [-0.2, -0.15) is 0 Å². The summed E-state index contributed by atoms with van der Waals surface area (Å²) in [6, 6.07) is 8.50. The molecule has 0 radical (unpaired) electrons. The molecule has 0 unspecified atom stereocenters. The summed E-state index contributed by atoms with van der Waals surface area (Å²) in [7, 11) is 0. The largest absolute Gasteiger partial charge is 0.459 e. The number of fused-ring (bicyclic) bond motifs is 1. The van der Waals surface area contributed by atoms with Gasteiger partial charge in [-0.05, 0) is 38.3 Å². The lowest BCUT2D eigenvalue weighted by Gasteiger charge is -2.18. The fourth-order valence-corrected chi connectivity index (χ4v) is 2.76. The Morgan fingerprint density at radius 1 is 1.35 bits per heavy atom. The molecule has 1 saturated heterocycles. The summed E-state index contributed by atoms with van der Waals surface area (Å²) in [6.07, 6.45) is 2.53. The topological polar surface area (TPSA) is 83.4 Å². The van der Waals surface area contributed by atoms with Gasteiger partial charge in [0.15, 0.2) is 0 Å². The fourth-order valence-electron chi connectivity index (χ4n) is 2.76. The van der Waals surface area contributed by atoms with E-state index in [1.54, 1.807) is 0 Å². The molecule has 1 aromatic carbocycles. The molecule has 122 valence electrons. The molecule has 6 heteroatoms. The van der Waals surface area contributed by atoms with Gasteiger partial charge in [0.2, 0.25) is 5.91 Å². The maximum absolute atomic E-state index is 12.1. The van der Waals surface area contributed by atoms with Crippen molar-refractivity contribution in [3.05, 3.63) is 36.1 Å². The SMILES string of the molecule is C[C@@H](NC(=O)N[C@@H]1CCCCNC1=O)c1cc2ccccc2o1. The molecule has 3 amide bonds. The van der Waals surface area contributed by atoms with E-state index < -0.39 is 6.04 Å². The third-order valence-corrected chi connectivity index (χ3v) is 4.06. The van der Waals surface area contributed by atoms with Crippen LogP contribution in [-0.2, 0) is 4.79 Å². The third-order valence-electron chi connectivity index (χ3n) is 4.06. The van der Waals surface area contributed by atoms with Gasteiger partial charge in [-0.15, -0.1) is 0 Å². The quantitative estimate of drug-likeness (QED) is 0.813. The molecule has 0 bridgehead atoms. The van der Waals surface area contributed by atoms with Crippen LogP contribution in [0.25, 0.3) is 11.0 Å². The van der Waals surface area contributed by atoms with E-state index in [2.05, 4.69) is 16.0 Å². The molecule has 6 nitrogen and oxygen atoms in total. The van der Waals surface area contributed by atoms with Gasteiger partial charge in [-0.1, -0.05) is 18.2 Å². The van der Waals surface area contributed by atoms with Crippen LogP contribution < -0.4 is 16.0 Å². The van der Waals surface area contributed by atoms with Crippen LogP contribution in [0.15, 0.2) is 34.7 Å². The second-order valence-corrected chi connectivity index (χ2v) is 5.87. The van der Waals surface area contributed by atoms with E-state index in [0.717, 1.165) is 23.8 Å². The van der Waals surface area contributed by atoms with E-state index in [4.69, 9.17) is 4.42 Å². The Morgan fingerprint density at radius 3 is 3.00 bits per heavy atom. The van der Waals surface area contributed by atoms with Crippen molar-refractivity contribution in [3.63, 3.8) is 0 Å². The minimum Gasteiger partial charge on any atom is -0.459 e. The second-order valence-electron chi connectivity index (χ2n) is 5.87. The van der Waals surface area contributed by atoms with Crippen LogP contribution in [0.5, 0.6) is 0 Å². The average Bonchev–Trinajstić information content (AvgIpc) is 2.87. The highest BCUT2D eigenvalue weighted by Gasteiger charge is 2.23. The summed E-state index contributed by atoms with van der Waals surface area (Å²) in [5, 5.41) is 9.36. The van der Waals surface area contributed by atoms with Crippen molar-refractivity contribution < 1.29 is 14.0 Å². The molecule has 3 N–H and O–H groups in total. The second kappa shape index (κ2) is 6.73. The van der Waals surface area contributed by atoms with Crippen LogP contribution in [0.3, 0.4) is 0 Å². The standard InChI is InChI=1S/C17H21N3O3/c1-11(15-10-12-6-2-3-8-14(12)23-15)19-17(22)20-13-7-4-5-9-18-16(13)21/h2-3,6,8,10-11,13H,4-5,7,9H2,1H3,(H,18,21)(H2,19,20,22)/t11-,13-/m1/s1. The van der Waals surface area contributed by atoms with E-state index in [-0.39, 0.29) is 18.0 Å². The van der Waals surface area contributed by atoms with Crippen LogP contribution in [0, 0.1) is 0 Å². The van der Waals surface area contributed by atoms with E-state index >= 15 is 0 Å². The summed E-state index contributed by atoms with van der Waals surface area (Å²) >= 11 is 0. The first-order valence-corrected chi connectivity index (χ1v) is 7.97. The smallest absolute Gasteiger partial charge is 0.316 e. The van der Waals surface area contributed by atoms with Gasteiger partial charge in [0.1, 0.15) is 17.4 Å². The Hall–Kier alpha value is -2.50. The van der Waals surface area contributed by atoms with Crippen LogP contribution >= 0.6 is 0 Å². The van der Waals surface area contributed by atoms with Gasteiger partial charge in [0.25, 0.3) is 0 Å². The van der Waals surface area contributed by atoms with Gasteiger partial charge >= 0.3 is 6.03 Å². The number of carbonyl (C=O) groups is 2. The van der Waals surface area contributed by atoms with Crippen molar-refractivity contribution >= 4 is 22.9 Å². The zero-order valence-corrected chi connectivity index (χ0v) is 13.1. The van der Waals surface area contributed by atoms with Gasteiger partial charge < -0.3 is 20.4 Å². The maximum atomic E-state index is 12.1. The molecule has 0 aliphatic carbocycles. The highest BCUT2D eigenvalue weighted by atomic mass is 16.3. The molecule has 1 aliphatic rings. The minimum absolute atomic E-state index is 0.117. The number of benzene rings is 1. The van der Waals surface area contributed by atoms with Crippen LogP contribution in [-0.4, -0.2) is 24.5 Å². The van der Waals surface area contributed by atoms with Crippen LogP contribution in [0.1, 0.15) is 38.0 Å². The third kappa shape index (κ3) is 3.64. The monoisotopic (exact) mass is 315 g/mol. The average molecular weight is 315 g/mol. The lowest BCUT2D eigenvalue weighted by molar-refractivity contribution is -0.122. The number of hydrogen-bond acceptors (Lipinski definition) is 3. The number of carbonyl (C=O) groups excluding carboxylic acids is 2. The number of hydrogen-bond donors (Lipinski definition) is 3. The van der Waals surface area contributed by atoms with Crippen molar-refractivity contribution in [3.8, 4) is 0 Å². The Morgan fingerprint density at radius 2 is 2.17 bits per heavy atom. The summed E-state index contributed by atoms with van der Waals surface area (Å²) in [4.78, 5) is 24.0. The molecular formula is C17H21N3O3. The summed E-state index contributed by atoms with van der Waals surface area (Å²) in [5.74, 6) is 0.570. The van der Waals surface area contributed by atoms with Gasteiger partial charge in [-0.3, -0.25) is 4.79 Å². The Labute approximate surface area is 134 Å². The fraction of sp³-hybridized carbons (Fsp3) is 0.412. The summed E-state index contributed by atoms with van der Waals surface area (Å²) in [5.41, 5.74) is 0.791. The Bertz CT molecular complexity index is 677. The predicted octanol–water partition coefficient (Wildman–Crippen LogP) is 2.46. The van der Waals surface area contributed by atoms with Gasteiger partial charge in [0.05, 0.1) is 6.04 Å². The molecule has 0 spiro atoms. The van der Waals surface area contributed by atoms with Crippen molar-refractivity contribution in [2.24, 2.45) is 0 Å². The molecule has 3 rings (SSSR count). The molecule has 2 atom stereocenters. The van der Waals surface area contributed by atoms with Crippen LogP contribution in [0.4, 0.5) is 4.79 Å². The molecule has 23 heavy (non-hydrogen) atoms. The van der Waals surface area contributed by atoms with Gasteiger partial charge in [-0.25, -0.2) is 4.79 Å². The number of amides is 3. The van der Waals surface area contributed by atoms with Gasteiger partial charge in [0, 0.05) is 11.9 Å². The molecule has 1 aromatic heterocycles. The summed E-state index contributed by atoms with van der Waals surface area (Å²) < 4.78 is 5.74. The number of para-hydroxylation sites is 1. The first-order chi connectivity index (χ1) is 11.1.